The standard InChI is InChI=1S/C39H52N6O6S/c1-4-28(2)37(45-21-20-43(39(45)48)26-33-24-40-19-18-29(33)3)38(47)42-35(22-30-10-6-5-7-11-30)36(46)27-44(25-32-12-8-9-13-32)52(50,51)34-16-14-31(15-17-34)23-41-49/h5-7,10-11,14-19,24,28,32,35-37,46H,4,8-9,12-13,20-23,25-27H2,1-3H3,(H,42,47)/t28-,35-,36+,37-/m0/s1. The Morgan fingerprint density at radius 1 is 1.06 bits per heavy atom. The van der Waals surface area contributed by atoms with Crippen molar-refractivity contribution in [2.45, 2.75) is 95.5 Å². The van der Waals surface area contributed by atoms with E-state index in [1.165, 1.54) is 16.4 Å². The molecule has 280 valence electrons. The number of carbonyl (C=O) groups excluding carboxylic acids is 2. The molecule has 0 bridgehead atoms. The minimum atomic E-state index is -4.05. The average Bonchev–Trinajstić information content (AvgIpc) is 3.79. The van der Waals surface area contributed by atoms with E-state index in [0.717, 1.165) is 42.4 Å². The van der Waals surface area contributed by atoms with E-state index in [-0.39, 0.29) is 54.7 Å². The summed E-state index contributed by atoms with van der Waals surface area (Å²) in [4.78, 5) is 46.6. The Bertz CT molecular complexity index is 1750. The number of urea groups is 1. The Hall–Kier alpha value is -4.20. The van der Waals surface area contributed by atoms with Crippen LogP contribution in [0.5, 0.6) is 0 Å². The fraction of sp³-hybridized carbons (Fsp3) is 0.513. The Balaban J connectivity index is 1.39. The van der Waals surface area contributed by atoms with Crippen LogP contribution >= 0.6 is 0 Å². The number of aryl methyl sites for hydroxylation is 1. The van der Waals surface area contributed by atoms with Gasteiger partial charge in [0.25, 0.3) is 0 Å². The van der Waals surface area contributed by atoms with E-state index in [1.807, 2.05) is 57.2 Å². The molecular formula is C39H52N6O6S. The van der Waals surface area contributed by atoms with E-state index >= 15 is 0 Å². The number of aromatic nitrogens is 1. The lowest BCUT2D eigenvalue weighted by atomic mass is 9.95. The number of amides is 3. The topological polar surface area (TPSA) is 153 Å². The smallest absolute Gasteiger partial charge is 0.321 e. The predicted molar refractivity (Wildman–Crippen MR) is 199 cm³/mol. The number of benzene rings is 2. The number of aliphatic hydroxyl groups excluding tert-OH is 1. The molecule has 0 radical (unpaired) electrons. The molecule has 1 saturated carbocycles. The highest BCUT2D eigenvalue weighted by molar-refractivity contribution is 7.89. The van der Waals surface area contributed by atoms with Gasteiger partial charge in [0, 0.05) is 45.1 Å². The van der Waals surface area contributed by atoms with Crippen LogP contribution in [-0.4, -0.2) is 88.9 Å². The number of nitrogens with zero attached hydrogens (tertiary/aromatic N) is 5. The van der Waals surface area contributed by atoms with E-state index in [0.29, 0.717) is 31.6 Å². The van der Waals surface area contributed by atoms with E-state index in [2.05, 4.69) is 15.5 Å². The third-order valence-electron chi connectivity index (χ3n) is 10.6. The summed E-state index contributed by atoms with van der Waals surface area (Å²) >= 11 is 0. The van der Waals surface area contributed by atoms with Gasteiger partial charge in [-0.25, -0.2) is 13.2 Å². The van der Waals surface area contributed by atoms with E-state index in [4.69, 9.17) is 0 Å². The second kappa shape index (κ2) is 18.0. The summed E-state index contributed by atoms with van der Waals surface area (Å²) in [7, 11) is -4.05. The van der Waals surface area contributed by atoms with Crippen LogP contribution in [0, 0.1) is 23.7 Å². The molecule has 0 unspecified atom stereocenters. The van der Waals surface area contributed by atoms with Crippen molar-refractivity contribution in [1.82, 2.24) is 24.4 Å². The highest BCUT2D eigenvalue weighted by Crippen LogP contribution is 2.29. The quantitative estimate of drug-likeness (QED) is 0.169. The average molecular weight is 733 g/mol. The Morgan fingerprint density at radius 3 is 2.42 bits per heavy atom. The molecule has 2 fully saturated rings. The summed E-state index contributed by atoms with van der Waals surface area (Å²) in [6.07, 6.45) is 6.94. The number of nitroso groups, excluding NO2 is 1. The SMILES string of the molecule is CC[C@H](C)[C@@H](C(=O)N[C@@H](Cc1ccccc1)[C@H](O)CN(CC1CCCC1)S(=O)(=O)c1ccc(CN=O)cc1)N1CCN(Cc2cnccc2C)C1=O. The minimum Gasteiger partial charge on any atom is -0.390 e. The van der Waals surface area contributed by atoms with Gasteiger partial charge in [-0.2, -0.15) is 9.21 Å². The van der Waals surface area contributed by atoms with Crippen LogP contribution in [0.25, 0.3) is 0 Å². The van der Waals surface area contributed by atoms with Crippen LogP contribution in [0.2, 0.25) is 0 Å². The highest BCUT2D eigenvalue weighted by atomic mass is 32.2. The molecule has 1 aromatic heterocycles. The minimum absolute atomic E-state index is 0.0609. The van der Waals surface area contributed by atoms with Gasteiger partial charge in [0.05, 0.1) is 17.0 Å². The molecule has 4 atom stereocenters. The van der Waals surface area contributed by atoms with Gasteiger partial charge < -0.3 is 20.2 Å². The number of sulfonamides is 1. The zero-order valence-corrected chi connectivity index (χ0v) is 31.2. The first-order chi connectivity index (χ1) is 25.0. The molecule has 2 heterocycles. The Kier molecular flexibility index (Phi) is 13.5. The molecule has 2 aromatic carbocycles. The van der Waals surface area contributed by atoms with Crippen molar-refractivity contribution in [2.24, 2.45) is 17.0 Å². The van der Waals surface area contributed by atoms with Gasteiger partial charge >= 0.3 is 6.03 Å². The van der Waals surface area contributed by atoms with Crippen molar-refractivity contribution < 1.29 is 23.1 Å². The van der Waals surface area contributed by atoms with Crippen molar-refractivity contribution in [2.75, 3.05) is 26.2 Å². The molecule has 1 aliphatic carbocycles. The van der Waals surface area contributed by atoms with Crippen LogP contribution in [0.15, 0.2) is 83.1 Å². The largest absolute Gasteiger partial charge is 0.390 e. The normalized spacial score (nSPS) is 17.7. The van der Waals surface area contributed by atoms with Crippen molar-refractivity contribution in [3.05, 3.63) is 100 Å². The summed E-state index contributed by atoms with van der Waals surface area (Å²) in [6, 6.07) is 15.6. The number of nitrogens with one attached hydrogen (secondary N) is 1. The first-order valence-electron chi connectivity index (χ1n) is 18.4. The maximum atomic E-state index is 14.4. The molecule has 2 aliphatic rings. The first-order valence-corrected chi connectivity index (χ1v) is 19.8. The Labute approximate surface area is 307 Å². The number of carbonyl (C=O) groups is 2. The van der Waals surface area contributed by atoms with E-state index < -0.39 is 28.2 Å². The maximum Gasteiger partial charge on any atom is 0.321 e. The third kappa shape index (κ3) is 9.61. The van der Waals surface area contributed by atoms with Gasteiger partial charge in [-0.05, 0) is 78.5 Å². The monoisotopic (exact) mass is 732 g/mol. The maximum absolute atomic E-state index is 14.4. The Morgan fingerprint density at radius 2 is 1.77 bits per heavy atom. The number of hydrogen-bond donors (Lipinski definition) is 2. The number of aliphatic hydroxyl groups is 1. The third-order valence-corrected chi connectivity index (χ3v) is 12.5. The molecular weight excluding hydrogens is 681 g/mol. The lowest BCUT2D eigenvalue weighted by Gasteiger charge is -2.35. The van der Waals surface area contributed by atoms with E-state index in [9.17, 15) is 28.0 Å². The molecule has 1 saturated heterocycles. The predicted octanol–water partition coefficient (Wildman–Crippen LogP) is 5.28. The van der Waals surface area contributed by atoms with Gasteiger partial charge in [0.15, 0.2) is 0 Å². The van der Waals surface area contributed by atoms with Gasteiger partial charge in [0.2, 0.25) is 15.9 Å². The molecule has 0 spiro atoms. The van der Waals surface area contributed by atoms with Crippen LogP contribution < -0.4 is 5.32 Å². The zero-order chi connectivity index (χ0) is 37.3. The van der Waals surface area contributed by atoms with Crippen molar-refractivity contribution in [3.63, 3.8) is 0 Å². The van der Waals surface area contributed by atoms with Crippen LogP contribution in [0.3, 0.4) is 0 Å². The molecule has 12 nitrogen and oxygen atoms in total. The van der Waals surface area contributed by atoms with Crippen LogP contribution in [0.1, 0.15) is 68.2 Å². The molecule has 3 amide bonds. The highest BCUT2D eigenvalue weighted by Gasteiger charge is 2.41. The fourth-order valence-corrected chi connectivity index (χ4v) is 8.84. The molecule has 1 aliphatic heterocycles. The molecule has 3 aromatic rings. The van der Waals surface area contributed by atoms with Gasteiger partial charge in [-0.1, -0.05) is 80.8 Å². The summed E-state index contributed by atoms with van der Waals surface area (Å²) in [5.74, 6) is -0.418. The van der Waals surface area contributed by atoms with E-state index in [1.54, 1.807) is 34.3 Å². The van der Waals surface area contributed by atoms with Crippen LogP contribution in [0.4, 0.5) is 4.79 Å². The van der Waals surface area contributed by atoms with Gasteiger partial charge in [-0.3, -0.25) is 9.78 Å². The molecule has 5 rings (SSSR count). The second-order valence-corrected chi connectivity index (χ2v) is 16.2. The van der Waals surface area contributed by atoms with Crippen molar-refractivity contribution >= 4 is 22.0 Å². The number of rotatable bonds is 18. The zero-order valence-electron chi connectivity index (χ0n) is 30.4. The van der Waals surface area contributed by atoms with Crippen molar-refractivity contribution in [1.29, 1.82) is 0 Å². The molecule has 52 heavy (non-hydrogen) atoms. The summed E-state index contributed by atoms with van der Waals surface area (Å²) < 4.78 is 29.6. The second-order valence-electron chi connectivity index (χ2n) is 14.3. The van der Waals surface area contributed by atoms with Crippen molar-refractivity contribution in [3.8, 4) is 0 Å². The summed E-state index contributed by atoms with van der Waals surface area (Å²) in [5.41, 5.74) is 3.45. The fourth-order valence-electron chi connectivity index (χ4n) is 7.30. The number of pyridine rings is 1. The van der Waals surface area contributed by atoms with Crippen LogP contribution in [-0.2, 0) is 34.3 Å². The lowest BCUT2D eigenvalue weighted by molar-refractivity contribution is -0.128. The molecule has 2 N–H and O–H groups in total. The first kappa shape index (κ1) is 39.0. The summed E-state index contributed by atoms with van der Waals surface area (Å²) in [6.45, 7) is 7.08. The molecule has 13 heteroatoms. The number of hydrogen-bond acceptors (Lipinski definition) is 8. The lowest BCUT2D eigenvalue weighted by Crippen LogP contribution is -2.57. The van der Waals surface area contributed by atoms with Gasteiger partial charge in [-0.15, -0.1) is 0 Å². The summed E-state index contributed by atoms with van der Waals surface area (Å²) in [5, 5.41) is 17.9. The van der Waals surface area contributed by atoms with Gasteiger partial charge in [0.1, 0.15) is 12.6 Å².